The summed E-state index contributed by atoms with van der Waals surface area (Å²) >= 11 is 0. The zero-order valence-electron chi connectivity index (χ0n) is 10.4. The summed E-state index contributed by atoms with van der Waals surface area (Å²) in [6.07, 6.45) is 4.70. The van der Waals surface area contributed by atoms with Crippen LogP contribution in [0.5, 0.6) is 0 Å². The monoisotopic (exact) mass is 226 g/mol. The smallest absolute Gasteiger partial charge is 0.0569 e. The van der Waals surface area contributed by atoms with Crippen molar-refractivity contribution in [3.63, 3.8) is 0 Å². The van der Waals surface area contributed by atoms with E-state index in [0.29, 0.717) is 0 Å². The molecule has 0 saturated carbocycles. The van der Waals surface area contributed by atoms with Crippen molar-refractivity contribution < 1.29 is 0 Å². The number of nitrogens with two attached hydrogens (primary N) is 1. The Kier molecular flexibility index (Phi) is 3.55. The number of pyridine rings is 1. The quantitative estimate of drug-likeness (QED) is 0.873. The second kappa shape index (κ2) is 5.11. The Hall–Kier alpha value is -1.67. The van der Waals surface area contributed by atoms with Crippen molar-refractivity contribution in [2.24, 2.45) is 5.73 Å². The Labute approximate surface area is 103 Å². The Morgan fingerprint density at radius 2 is 2.00 bits per heavy atom. The van der Waals surface area contributed by atoms with E-state index in [1.165, 1.54) is 11.1 Å². The van der Waals surface area contributed by atoms with Gasteiger partial charge in [0.1, 0.15) is 0 Å². The second-order valence-corrected chi connectivity index (χ2v) is 4.33. The lowest BCUT2D eigenvalue weighted by molar-refractivity contribution is 0.840. The molecular formula is C15H18N2. The minimum atomic E-state index is -0.0847. The van der Waals surface area contributed by atoms with E-state index in [1.807, 2.05) is 25.4 Å². The summed E-state index contributed by atoms with van der Waals surface area (Å²) in [7, 11) is 0. The van der Waals surface area contributed by atoms with Crippen molar-refractivity contribution in [1.29, 1.82) is 0 Å². The maximum Gasteiger partial charge on any atom is 0.0569 e. The van der Waals surface area contributed by atoms with Gasteiger partial charge in [0.2, 0.25) is 0 Å². The minimum absolute atomic E-state index is 0.0847. The number of nitrogens with zero attached hydrogens (tertiary/aromatic N) is 1. The number of aryl methyl sites for hydroxylation is 2. The molecule has 2 aromatic rings. The van der Waals surface area contributed by atoms with E-state index >= 15 is 0 Å². The van der Waals surface area contributed by atoms with E-state index in [9.17, 15) is 0 Å². The Bertz CT molecular complexity index is 506. The van der Waals surface area contributed by atoms with Crippen LogP contribution in [0.4, 0.5) is 0 Å². The lowest BCUT2D eigenvalue weighted by Crippen LogP contribution is -2.14. The van der Waals surface area contributed by atoms with Crippen LogP contribution in [0.25, 0.3) is 0 Å². The number of rotatable bonds is 3. The molecule has 1 aromatic carbocycles. The molecular weight excluding hydrogens is 208 g/mol. The van der Waals surface area contributed by atoms with Crippen molar-refractivity contribution >= 4 is 0 Å². The van der Waals surface area contributed by atoms with E-state index < -0.39 is 0 Å². The average molecular weight is 226 g/mol. The van der Waals surface area contributed by atoms with Crippen LogP contribution in [-0.4, -0.2) is 4.98 Å². The Balaban J connectivity index is 2.40. The van der Waals surface area contributed by atoms with Gasteiger partial charge in [-0.2, -0.15) is 0 Å². The summed E-state index contributed by atoms with van der Waals surface area (Å²) in [6.45, 7) is 4.19. The van der Waals surface area contributed by atoms with Crippen LogP contribution in [0.3, 0.4) is 0 Å². The van der Waals surface area contributed by atoms with E-state index in [4.69, 9.17) is 5.73 Å². The fraction of sp³-hybridized carbons (Fsp3) is 0.267. The van der Waals surface area contributed by atoms with Gasteiger partial charge in [-0.15, -0.1) is 0 Å². The number of aromatic nitrogens is 1. The van der Waals surface area contributed by atoms with Crippen LogP contribution in [0.1, 0.15) is 35.2 Å². The predicted molar refractivity (Wildman–Crippen MR) is 70.8 cm³/mol. The highest BCUT2D eigenvalue weighted by Crippen LogP contribution is 2.23. The molecule has 2 nitrogen and oxygen atoms in total. The molecule has 17 heavy (non-hydrogen) atoms. The highest BCUT2D eigenvalue weighted by atomic mass is 14.7. The van der Waals surface area contributed by atoms with Gasteiger partial charge < -0.3 is 5.73 Å². The predicted octanol–water partition coefficient (Wildman–Crippen LogP) is 3.00. The van der Waals surface area contributed by atoms with Crippen LogP contribution in [-0.2, 0) is 6.42 Å². The normalized spacial score (nSPS) is 12.4. The van der Waals surface area contributed by atoms with Crippen molar-refractivity contribution in [2.45, 2.75) is 26.3 Å². The van der Waals surface area contributed by atoms with Crippen molar-refractivity contribution in [1.82, 2.24) is 4.98 Å². The highest BCUT2D eigenvalue weighted by molar-refractivity contribution is 5.36. The summed E-state index contributed by atoms with van der Waals surface area (Å²) in [5.74, 6) is 0. The third kappa shape index (κ3) is 2.53. The molecule has 1 aromatic heterocycles. The van der Waals surface area contributed by atoms with Gasteiger partial charge in [-0.1, -0.05) is 37.3 Å². The molecule has 88 valence electrons. The van der Waals surface area contributed by atoms with E-state index in [-0.39, 0.29) is 6.04 Å². The van der Waals surface area contributed by atoms with Gasteiger partial charge in [-0.05, 0) is 35.6 Å². The molecule has 0 spiro atoms. The SMILES string of the molecule is CCc1ccccc1C(N)c1cncc(C)c1. The third-order valence-corrected chi connectivity index (χ3v) is 3.03. The molecule has 0 amide bonds. The summed E-state index contributed by atoms with van der Waals surface area (Å²) in [6, 6.07) is 10.4. The van der Waals surface area contributed by atoms with Gasteiger partial charge in [-0.25, -0.2) is 0 Å². The molecule has 2 N–H and O–H groups in total. The molecule has 1 heterocycles. The van der Waals surface area contributed by atoms with Crippen LogP contribution in [0.15, 0.2) is 42.7 Å². The van der Waals surface area contributed by atoms with Gasteiger partial charge in [-0.3, -0.25) is 4.98 Å². The van der Waals surface area contributed by atoms with Gasteiger partial charge in [0.25, 0.3) is 0 Å². The van der Waals surface area contributed by atoms with Crippen LogP contribution >= 0.6 is 0 Å². The average Bonchev–Trinajstić information content (AvgIpc) is 2.38. The molecule has 2 heteroatoms. The largest absolute Gasteiger partial charge is 0.320 e. The fourth-order valence-corrected chi connectivity index (χ4v) is 2.09. The summed E-state index contributed by atoms with van der Waals surface area (Å²) in [5.41, 5.74) is 11.0. The Morgan fingerprint density at radius 3 is 2.71 bits per heavy atom. The zero-order valence-corrected chi connectivity index (χ0v) is 10.4. The standard InChI is InChI=1S/C15H18N2/c1-3-12-6-4-5-7-14(12)15(16)13-8-11(2)9-17-10-13/h4-10,15H,3,16H2,1-2H3. The third-order valence-electron chi connectivity index (χ3n) is 3.03. The van der Waals surface area contributed by atoms with E-state index in [0.717, 1.165) is 17.5 Å². The molecule has 0 saturated heterocycles. The van der Waals surface area contributed by atoms with Gasteiger partial charge >= 0.3 is 0 Å². The molecule has 0 radical (unpaired) electrons. The number of benzene rings is 1. The molecule has 2 rings (SSSR count). The fourth-order valence-electron chi connectivity index (χ4n) is 2.09. The summed E-state index contributed by atoms with van der Waals surface area (Å²) in [4.78, 5) is 4.21. The van der Waals surface area contributed by atoms with Crippen LogP contribution < -0.4 is 5.73 Å². The lowest BCUT2D eigenvalue weighted by Gasteiger charge is -2.16. The molecule has 0 aliphatic carbocycles. The zero-order chi connectivity index (χ0) is 12.3. The molecule has 0 aliphatic rings. The molecule has 0 bridgehead atoms. The second-order valence-electron chi connectivity index (χ2n) is 4.33. The molecule has 1 unspecified atom stereocenters. The summed E-state index contributed by atoms with van der Waals surface area (Å²) < 4.78 is 0. The number of hydrogen-bond acceptors (Lipinski definition) is 2. The van der Waals surface area contributed by atoms with Crippen molar-refractivity contribution in [3.8, 4) is 0 Å². The van der Waals surface area contributed by atoms with Gasteiger partial charge in [0, 0.05) is 12.4 Å². The molecule has 0 fully saturated rings. The van der Waals surface area contributed by atoms with Crippen molar-refractivity contribution in [3.05, 3.63) is 65.0 Å². The maximum atomic E-state index is 6.32. The lowest BCUT2D eigenvalue weighted by atomic mass is 9.94. The van der Waals surface area contributed by atoms with Gasteiger partial charge in [0.15, 0.2) is 0 Å². The molecule has 1 atom stereocenters. The Morgan fingerprint density at radius 1 is 1.24 bits per heavy atom. The maximum absolute atomic E-state index is 6.32. The summed E-state index contributed by atoms with van der Waals surface area (Å²) in [5, 5.41) is 0. The van der Waals surface area contributed by atoms with Crippen molar-refractivity contribution in [2.75, 3.05) is 0 Å². The van der Waals surface area contributed by atoms with E-state index in [1.54, 1.807) is 0 Å². The topological polar surface area (TPSA) is 38.9 Å². The minimum Gasteiger partial charge on any atom is -0.320 e. The van der Waals surface area contributed by atoms with Crippen LogP contribution in [0.2, 0.25) is 0 Å². The molecule has 0 aliphatic heterocycles. The van der Waals surface area contributed by atoms with Crippen LogP contribution in [0, 0.1) is 6.92 Å². The first-order chi connectivity index (χ1) is 8.22. The number of hydrogen-bond donors (Lipinski definition) is 1. The first-order valence-corrected chi connectivity index (χ1v) is 5.97. The highest BCUT2D eigenvalue weighted by Gasteiger charge is 2.12. The van der Waals surface area contributed by atoms with Gasteiger partial charge in [0.05, 0.1) is 6.04 Å². The van der Waals surface area contributed by atoms with E-state index in [2.05, 4.69) is 36.2 Å². The first-order valence-electron chi connectivity index (χ1n) is 5.97. The first kappa shape index (κ1) is 11.8.